The molecule has 2 aromatic heterocycles. The predicted molar refractivity (Wildman–Crippen MR) is 102 cm³/mol. The molecule has 1 atom stereocenters. The summed E-state index contributed by atoms with van der Waals surface area (Å²) < 4.78 is 5.52. The maximum atomic E-state index is 6.08. The van der Waals surface area contributed by atoms with E-state index in [4.69, 9.17) is 15.5 Å². The first-order chi connectivity index (χ1) is 12.2. The van der Waals surface area contributed by atoms with Gasteiger partial charge in [0.2, 0.25) is 0 Å². The highest BCUT2D eigenvalue weighted by atomic mass is 16.5. The van der Waals surface area contributed by atoms with Gasteiger partial charge in [-0.15, -0.1) is 0 Å². The molecule has 0 bridgehead atoms. The van der Waals surface area contributed by atoms with Crippen molar-refractivity contribution in [2.45, 2.75) is 19.4 Å². The van der Waals surface area contributed by atoms with Crippen molar-refractivity contribution in [3.8, 4) is 11.3 Å². The van der Waals surface area contributed by atoms with Crippen LogP contribution in [-0.4, -0.2) is 36.3 Å². The lowest BCUT2D eigenvalue weighted by Crippen LogP contribution is -2.22. The van der Waals surface area contributed by atoms with Crippen molar-refractivity contribution in [2.75, 3.05) is 30.8 Å². The molecular weight excluding hydrogens is 312 g/mol. The Morgan fingerprint density at radius 2 is 2.12 bits per heavy atom. The van der Waals surface area contributed by atoms with E-state index >= 15 is 0 Å². The first-order valence-electron chi connectivity index (χ1n) is 8.55. The number of aryl methyl sites for hydroxylation is 1. The number of methoxy groups -OCH3 is 1. The quantitative estimate of drug-likeness (QED) is 0.795. The molecule has 1 saturated heterocycles. The lowest BCUT2D eigenvalue weighted by molar-refractivity contribution is 0.121. The summed E-state index contributed by atoms with van der Waals surface area (Å²) >= 11 is 0. The molecule has 4 rings (SSSR count). The SMILES string of the molecule is COC1CCN(c2cc(C)nc3cc(-c4ncccc4N)ccc23)C1. The average molecular weight is 334 g/mol. The van der Waals surface area contributed by atoms with Gasteiger partial charge in [0.1, 0.15) is 0 Å². The number of ether oxygens (including phenoxy) is 1. The highest BCUT2D eigenvalue weighted by Crippen LogP contribution is 2.33. The number of rotatable bonds is 3. The van der Waals surface area contributed by atoms with Gasteiger partial charge in [0.25, 0.3) is 0 Å². The normalized spacial score (nSPS) is 17.4. The van der Waals surface area contributed by atoms with Crippen molar-refractivity contribution in [1.29, 1.82) is 0 Å². The van der Waals surface area contributed by atoms with Crippen LogP contribution in [0.3, 0.4) is 0 Å². The largest absolute Gasteiger partial charge is 0.397 e. The molecule has 0 aliphatic carbocycles. The van der Waals surface area contributed by atoms with Gasteiger partial charge < -0.3 is 15.4 Å². The summed E-state index contributed by atoms with van der Waals surface area (Å²) in [5.41, 5.74) is 11.8. The molecule has 2 N–H and O–H groups in total. The molecule has 3 aromatic rings. The number of anilines is 2. The number of nitrogen functional groups attached to an aromatic ring is 1. The zero-order valence-electron chi connectivity index (χ0n) is 14.6. The van der Waals surface area contributed by atoms with Crippen LogP contribution in [0.15, 0.2) is 42.6 Å². The minimum atomic E-state index is 0.302. The van der Waals surface area contributed by atoms with E-state index in [0.29, 0.717) is 11.8 Å². The summed E-state index contributed by atoms with van der Waals surface area (Å²) in [5.74, 6) is 0. The van der Waals surface area contributed by atoms with Crippen molar-refractivity contribution < 1.29 is 4.74 Å². The summed E-state index contributed by atoms with van der Waals surface area (Å²) in [6, 6.07) is 12.2. The van der Waals surface area contributed by atoms with Gasteiger partial charge in [0, 0.05) is 48.7 Å². The summed E-state index contributed by atoms with van der Waals surface area (Å²) in [5, 5.41) is 1.15. The maximum absolute atomic E-state index is 6.08. The monoisotopic (exact) mass is 334 g/mol. The van der Waals surface area contributed by atoms with Gasteiger partial charge in [0.15, 0.2) is 0 Å². The Hall–Kier alpha value is -2.66. The van der Waals surface area contributed by atoms with Crippen molar-refractivity contribution in [1.82, 2.24) is 9.97 Å². The molecule has 1 unspecified atom stereocenters. The summed E-state index contributed by atoms with van der Waals surface area (Å²) in [7, 11) is 1.79. The fraction of sp³-hybridized carbons (Fsp3) is 0.300. The molecule has 25 heavy (non-hydrogen) atoms. The van der Waals surface area contributed by atoms with Crippen LogP contribution in [0.4, 0.5) is 11.4 Å². The number of pyridine rings is 2. The minimum Gasteiger partial charge on any atom is -0.397 e. The molecule has 1 aromatic carbocycles. The topological polar surface area (TPSA) is 64.3 Å². The second kappa shape index (κ2) is 6.33. The molecule has 5 heteroatoms. The lowest BCUT2D eigenvalue weighted by Gasteiger charge is -2.21. The third kappa shape index (κ3) is 2.91. The van der Waals surface area contributed by atoms with E-state index in [1.54, 1.807) is 13.3 Å². The van der Waals surface area contributed by atoms with Crippen LogP contribution in [0.5, 0.6) is 0 Å². The second-order valence-corrected chi connectivity index (χ2v) is 6.55. The van der Waals surface area contributed by atoms with Gasteiger partial charge >= 0.3 is 0 Å². The Balaban J connectivity index is 1.81. The first kappa shape index (κ1) is 15.8. The van der Waals surface area contributed by atoms with E-state index < -0.39 is 0 Å². The van der Waals surface area contributed by atoms with Crippen LogP contribution in [0.2, 0.25) is 0 Å². The first-order valence-corrected chi connectivity index (χ1v) is 8.55. The average Bonchev–Trinajstić information content (AvgIpc) is 3.10. The van der Waals surface area contributed by atoms with Crippen LogP contribution in [0.25, 0.3) is 22.2 Å². The highest BCUT2D eigenvalue weighted by molar-refractivity contribution is 5.95. The standard InChI is InChI=1S/C20H22N4O/c1-13-10-19(24-9-7-15(12-24)25-2)16-6-5-14(11-18(16)23-13)20-17(21)4-3-8-22-20/h3-6,8,10-11,15H,7,9,12,21H2,1-2H3. The number of fused-ring (bicyclic) bond motifs is 1. The fourth-order valence-electron chi connectivity index (χ4n) is 3.55. The summed E-state index contributed by atoms with van der Waals surface area (Å²) in [6.07, 6.45) is 3.12. The fourth-order valence-corrected chi connectivity index (χ4v) is 3.55. The third-order valence-electron chi connectivity index (χ3n) is 4.85. The minimum absolute atomic E-state index is 0.302. The molecule has 3 heterocycles. The van der Waals surface area contributed by atoms with Crippen LogP contribution < -0.4 is 10.6 Å². The Morgan fingerprint density at radius 3 is 2.88 bits per heavy atom. The van der Waals surface area contributed by atoms with Crippen molar-refractivity contribution in [3.05, 3.63) is 48.3 Å². The van der Waals surface area contributed by atoms with Crippen LogP contribution in [0, 0.1) is 6.92 Å². The van der Waals surface area contributed by atoms with Gasteiger partial charge in [-0.2, -0.15) is 0 Å². The van der Waals surface area contributed by atoms with Gasteiger partial charge in [-0.1, -0.05) is 12.1 Å². The molecule has 0 saturated carbocycles. The van der Waals surface area contributed by atoms with E-state index in [2.05, 4.69) is 34.1 Å². The number of hydrogen-bond acceptors (Lipinski definition) is 5. The molecule has 128 valence electrons. The molecule has 1 aliphatic heterocycles. The van der Waals surface area contributed by atoms with Crippen LogP contribution in [0.1, 0.15) is 12.1 Å². The van der Waals surface area contributed by atoms with Crippen LogP contribution >= 0.6 is 0 Å². The lowest BCUT2D eigenvalue weighted by atomic mass is 10.0. The van der Waals surface area contributed by atoms with E-state index in [0.717, 1.165) is 47.4 Å². The summed E-state index contributed by atoms with van der Waals surface area (Å²) in [4.78, 5) is 11.5. The Kier molecular flexibility index (Phi) is 4.01. The molecular formula is C20H22N4O. The Bertz CT molecular complexity index is 925. The third-order valence-corrected chi connectivity index (χ3v) is 4.85. The van der Waals surface area contributed by atoms with E-state index in [1.165, 1.54) is 5.69 Å². The van der Waals surface area contributed by atoms with Crippen molar-refractivity contribution in [2.24, 2.45) is 0 Å². The summed E-state index contributed by atoms with van der Waals surface area (Å²) in [6.45, 7) is 3.96. The Labute approximate surface area is 147 Å². The molecule has 1 aliphatic rings. The number of hydrogen-bond donors (Lipinski definition) is 1. The van der Waals surface area contributed by atoms with Crippen molar-refractivity contribution >= 4 is 22.3 Å². The number of benzene rings is 1. The smallest absolute Gasteiger partial charge is 0.0931 e. The second-order valence-electron chi connectivity index (χ2n) is 6.55. The molecule has 0 spiro atoms. The zero-order chi connectivity index (χ0) is 17.4. The number of aromatic nitrogens is 2. The van der Waals surface area contributed by atoms with E-state index in [-0.39, 0.29) is 0 Å². The van der Waals surface area contributed by atoms with Gasteiger partial charge in [-0.05, 0) is 37.6 Å². The van der Waals surface area contributed by atoms with Crippen molar-refractivity contribution in [3.63, 3.8) is 0 Å². The predicted octanol–water partition coefficient (Wildman–Crippen LogP) is 3.41. The molecule has 1 fully saturated rings. The van der Waals surface area contributed by atoms with E-state index in [9.17, 15) is 0 Å². The van der Waals surface area contributed by atoms with Gasteiger partial charge in [-0.25, -0.2) is 0 Å². The van der Waals surface area contributed by atoms with Gasteiger partial charge in [-0.3, -0.25) is 9.97 Å². The Morgan fingerprint density at radius 1 is 1.24 bits per heavy atom. The number of nitrogens with zero attached hydrogens (tertiary/aromatic N) is 3. The zero-order valence-corrected chi connectivity index (χ0v) is 14.6. The molecule has 0 radical (unpaired) electrons. The molecule has 0 amide bonds. The van der Waals surface area contributed by atoms with E-state index in [1.807, 2.05) is 19.1 Å². The molecule has 5 nitrogen and oxygen atoms in total. The van der Waals surface area contributed by atoms with Gasteiger partial charge in [0.05, 0.1) is 23.0 Å². The maximum Gasteiger partial charge on any atom is 0.0931 e. The number of nitrogens with two attached hydrogens (primary N) is 1. The van der Waals surface area contributed by atoms with Crippen LogP contribution in [-0.2, 0) is 4.74 Å². The highest BCUT2D eigenvalue weighted by Gasteiger charge is 2.24.